The molecule has 3 N–H and O–H groups in total. The predicted octanol–water partition coefficient (Wildman–Crippen LogP) is 2.77. The Balaban J connectivity index is 2.00. The van der Waals surface area contributed by atoms with Gasteiger partial charge in [-0.15, -0.1) is 0 Å². The average molecular weight is 349 g/mol. The van der Waals surface area contributed by atoms with Gasteiger partial charge < -0.3 is 15.6 Å². The van der Waals surface area contributed by atoms with Crippen molar-refractivity contribution in [2.45, 2.75) is 27.3 Å². The van der Waals surface area contributed by atoms with E-state index in [9.17, 15) is 9.59 Å². The maximum atomic E-state index is 12.3. The van der Waals surface area contributed by atoms with Crippen LogP contribution in [0.4, 0.5) is 0 Å². The third kappa shape index (κ3) is 5.09. The van der Waals surface area contributed by atoms with Crippen molar-refractivity contribution in [3.8, 4) is 0 Å². The van der Waals surface area contributed by atoms with Crippen LogP contribution in [-0.2, 0) is 6.54 Å². The summed E-state index contributed by atoms with van der Waals surface area (Å²) < 4.78 is 0. The number of aromatic amines is 1. The van der Waals surface area contributed by atoms with Gasteiger partial charge in [0.1, 0.15) is 5.69 Å². The van der Waals surface area contributed by atoms with Crippen LogP contribution >= 0.6 is 11.6 Å². The molecule has 0 saturated carbocycles. The lowest BCUT2D eigenvalue weighted by Crippen LogP contribution is -2.34. The summed E-state index contributed by atoms with van der Waals surface area (Å²) in [7, 11) is 0. The molecular formula is C17H21ClN4O2. The van der Waals surface area contributed by atoms with Crippen molar-refractivity contribution in [3.63, 3.8) is 0 Å². The first-order valence-corrected chi connectivity index (χ1v) is 7.98. The van der Waals surface area contributed by atoms with E-state index in [0.717, 1.165) is 5.56 Å². The van der Waals surface area contributed by atoms with Gasteiger partial charge in [-0.1, -0.05) is 44.5 Å². The molecule has 0 aliphatic rings. The standard InChI is InChI=1S/C17H21ClN4O2/c1-17(2,3)9-20-16(24)14-13(21-10-22-14)15(23)19-8-11-5-4-6-12(18)7-11/h4-7,10H,8-9H2,1-3H3,(H,19,23)(H,20,24)(H,21,22). The van der Waals surface area contributed by atoms with Crippen LogP contribution in [0.3, 0.4) is 0 Å². The first-order valence-electron chi connectivity index (χ1n) is 7.60. The van der Waals surface area contributed by atoms with E-state index >= 15 is 0 Å². The molecule has 1 aromatic carbocycles. The number of nitrogens with zero attached hydrogens (tertiary/aromatic N) is 1. The van der Waals surface area contributed by atoms with Crippen LogP contribution in [-0.4, -0.2) is 28.3 Å². The number of hydrogen-bond acceptors (Lipinski definition) is 3. The van der Waals surface area contributed by atoms with Gasteiger partial charge in [0.05, 0.1) is 6.33 Å². The Bertz CT molecular complexity index is 734. The van der Waals surface area contributed by atoms with Crippen LogP contribution < -0.4 is 10.6 Å². The van der Waals surface area contributed by atoms with E-state index in [4.69, 9.17) is 11.6 Å². The van der Waals surface area contributed by atoms with Crippen molar-refractivity contribution in [3.05, 3.63) is 52.6 Å². The molecular weight excluding hydrogens is 328 g/mol. The topological polar surface area (TPSA) is 86.9 Å². The molecule has 0 fully saturated rings. The van der Waals surface area contributed by atoms with E-state index in [0.29, 0.717) is 18.1 Å². The summed E-state index contributed by atoms with van der Waals surface area (Å²) in [5.74, 6) is -0.771. The van der Waals surface area contributed by atoms with Gasteiger partial charge in [0.25, 0.3) is 11.8 Å². The maximum absolute atomic E-state index is 12.3. The highest BCUT2D eigenvalue weighted by molar-refractivity contribution is 6.30. The molecule has 2 amide bonds. The molecule has 6 nitrogen and oxygen atoms in total. The molecule has 2 rings (SSSR count). The molecule has 0 aliphatic heterocycles. The summed E-state index contributed by atoms with van der Waals surface area (Å²) in [6, 6.07) is 7.20. The fourth-order valence-corrected chi connectivity index (χ4v) is 2.20. The molecule has 24 heavy (non-hydrogen) atoms. The first-order chi connectivity index (χ1) is 11.3. The van der Waals surface area contributed by atoms with Gasteiger partial charge in [0.15, 0.2) is 5.69 Å². The fourth-order valence-electron chi connectivity index (χ4n) is 1.99. The van der Waals surface area contributed by atoms with Gasteiger partial charge in [0.2, 0.25) is 0 Å². The third-order valence-corrected chi connectivity index (χ3v) is 3.44. The van der Waals surface area contributed by atoms with Crippen LogP contribution in [0.1, 0.15) is 47.3 Å². The van der Waals surface area contributed by atoms with Crippen molar-refractivity contribution in [2.24, 2.45) is 5.41 Å². The lowest BCUT2D eigenvalue weighted by Gasteiger charge is -2.18. The third-order valence-electron chi connectivity index (χ3n) is 3.20. The molecule has 0 atom stereocenters. The molecule has 0 aliphatic carbocycles. The Morgan fingerprint density at radius 1 is 1.21 bits per heavy atom. The molecule has 2 aromatic rings. The molecule has 0 saturated heterocycles. The number of benzene rings is 1. The van der Waals surface area contributed by atoms with E-state index in [2.05, 4.69) is 20.6 Å². The summed E-state index contributed by atoms with van der Waals surface area (Å²) in [6.07, 6.45) is 1.33. The molecule has 1 aromatic heterocycles. The van der Waals surface area contributed by atoms with Crippen LogP contribution in [0.25, 0.3) is 0 Å². The number of halogens is 1. The van der Waals surface area contributed by atoms with Crippen molar-refractivity contribution in [1.82, 2.24) is 20.6 Å². The van der Waals surface area contributed by atoms with Gasteiger partial charge in [-0.3, -0.25) is 9.59 Å². The van der Waals surface area contributed by atoms with Crippen molar-refractivity contribution < 1.29 is 9.59 Å². The van der Waals surface area contributed by atoms with Crippen LogP contribution in [0.5, 0.6) is 0 Å². The number of nitrogens with one attached hydrogen (secondary N) is 3. The van der Waals surface area contributed by atoms with Crippen LogP contribution in [0.15, 0.2) is 30.6 Å². The zero-order valence-corrected chi connectivity index (χ0v) is 14.7. The highest BCUT2D eigenvalue weighted by Gasteiger charge is 2.21. The highest BCUT2D eigenvalue weighted by atomic mass is 35.5. The molecule has 7 heteroatoms. The number of rotatable bonds is 5. The van der Waals surface area contributed by atoms with E-state index in [1.165, 1.54) is 6.33 Å². The van der Waals surface area contributed by atoms with E-state index < -0.39 is 5.91 Å². The van der Waals surface area contributed by atoms with Gasteiger partial charge in [-0.25, -0.2) is 4.98 Å². The zero-order chi connectivity index (χ0) is 17.7. The van der Waals surface area contributed by atoms with E-state index in [1.807, 2.05) is 32.9 Å². The molecule has 0 bridgehead atoms. The minimum atomic E-state index is -0.395. The minimum absolute atomic E-state index is 0.0546. The number of aromatic nitrogens is 2. The number of H-pyrrole nitrogens is 1. The van der Waals surface area contributed by atoms with Crippen LogP contribution in [0.2, 0.25) is 5.02 Å². The lowest BCUT2D eigenvalue weighted by molar-refractivity contribution is 0.0905. The summed E-state index contributed by atoms with van der Waals surface area (Å²) >= 11 is 5.92. The van der Waals surface area contributed by atoms with Crippen molar-refractivity contribution >= 4 is 23.4 Å². The number of imidazole rings is 1. The van der Waals surface area contributed by atoms with E-state index in [-0.39, 0.29) is 22.7 Å². The first kappa shape index (κ1) is 18.0. The van der Waals surface area contributed by atoms with Gasteiger partial charge in [0, 0.05) is 18.1 Å². The Morgan fingerprint density at radius 2 is 1.96 bits per heavy atom. The lowest BCUT2D eigenvalue weighted by atomic mass is 9.97. The fraction of sp³-hybridized carbons (Fsp3) is 0.353. The van der Waals surface area contributed by atoms with Gasteiger partial charge in [-0.05, 0) is 23.1 Å². The Labute approximate surface area is 146 Å². The van der Waals surface area contributed by atoms with Gasteiger partial charge in [-0.2, -0.15) is 0 Å². The second-order valence-electron chi connectivity index (χ2n) is 6.68. The molecule has 0 radical (unpaired) electrons. The summed E-state index contributed by atoms with van der Waals surface area (Å²) in [4.78, 5) is 31.2. The molecule has 1 heterocycles. The highest BCUT2D eigenvalue weighted by Crippen LogP contribution is 2.12. The number of amides is 2. The normalized spacial score (nSPS) is 11.2. The predicted molar refractivity (Wildman–Crippen MR) is 93.0 cm³/mol. The second-order valence-corrected chi connectivity index (χ2v) is 7.12. The molecule has 0 unspecified atom stereocenters. The summed E-state index contributed by atoms with van der Waals surface area (Å²) in [6.45, 7) is 6.83. The van der Waals surface area contributed by atoms with E-state index in [1.54, 1.807) is 12.1 Å². The number of hydrogen-bond donors (Lipinski definition) is 3. The molecule has 0 spiro atoms. The number of carbonyl (C=O) groups excluding carboxylic acids is 2. The van der Waals surface area contributed by atoms with Crippen LogP contribution in [0, 0.1) is 5.41 Å². The largest absolute Gasteiger partial charge is 0.350 e. The van der Waals surface area contributed by atoms with Crippen molar-refractivity contribution in [2.75, 3.05) is 6.54 Å². The summed E-state index contributed by atoms with van der Waals surface area (Å²) in [5, 5.41) is 6.13. The quantitative estimate of drug-likeness (QED) is 0.776. The minimum Gasteiger partial charge on any atom is -0.350 e. The zero-order valence-electron chi connectivity index (χ0n) is 13.9. The Kier molecular flexibility index (Phi) is 5.62. The Hall–Kier alpha value is -2.34. The SMILES string of the molecule is CC(C)(C)CNC(=O)c1nc[nH]c1C(=O)NCc1cccc(Cl)c1. The smallest absolute Gasteiger partial charge is 0.272 e. The molecule has 128 valence electrons. The average Bonchev–Trinajstić information content (AvgIpc) is 2.99. The summed E-state index contributed by atoms with van der Waals surface area (Å²) in [5.41, 5.74) is 1.04. The monoisotopic (exact) mass is 348 g/mol. The Morgan fingerprint density at radius 3 is 2.62 bits per heavy atom. The maximum Gasteiger partial charge on any atom is 0.272 e. The van der Waals surface area contributed by atoms with Gasteiger partial charge >= 0.3 is 0 Å². The second kappa shape index (κ2) is 7.49. The van der Waals surface area contributed by atoms with Crippen molar-refractivity contribution in [1.29, 1.82) is 0 Å². The number of carbonyl (C=O) groups is 2.